The van der Waals surface area contributed by atoms with Gasteiger partial charge in [0.05, 0.1) is 0 Å². The van der Waals surface area contributed by atoms with E-state index < -0.39 is 0 Å². The Kier molecular flexibility index (Phi) is 3.32. The van der Waals surface area contributed by atoms with Gasteiger partial charge in [0.25, 0.3) is 0 Å². The largest absolute Gasteiger partial charge is 0.442 e. The molecule has 1 rings (SSSR count). The van der Waals surface area contributed by atoms with Gasteiger partial charge < -0.3 is 4.42 Å². The van der Waals surface area contributed by atoms with E-state index in [-0.39, 0.29) is 11.0 Å². The minimum absolute atomic E-state index is 0.0325. The van der Waals surface area contributed by atoms with Crippen molar-refractivity contribution in [2.45, 2.75) is 19.8 Å². The van der Waals surface area contributed by atoms with E-state index in [0.717, 1.165) is 5.57 Å². The van der Waals surface area contributed by atoms with Crippen molar-refractivity contribution in [2.75, 3.05) is 0 Å². The van der Waals surface area contributed by atoms with Crippen molar-refractivity contribution in [2.24, 2.45) is 0 Å². The molecule has 0 amide bonds. The van der Waals surface area contributed by atoms with Crippen LogP contribution in [-0.4, -0.2) is 5.78 Å². The molecule has 0 bridgehead atoms. The predicted molar refractivity (Wildman–Crippen MR) is 52.1 cm³/mol. The van der Waals surface area contributed by atoms with Crippen molar-refractivity contribution >= 4 is 17.4 Å². The first kappa shape index (κ1) is 10.1. The standard InChI is InChI=1S/C10H11ClO2/c1-7(2)3-4-8(12)9-5-6-10(11)13-9/h5-6H,1,3-4H2,2H3. The Labute approximate surface area is 82.2 Å². The van der Waals surface area contributed by atoms with Crippen molar-refractivity contribution in [3.05, 3.63) is 35.3 Å². The highest BCUT2D eigenvalue weighted by molar-refractivity contribution is 6.29. The highest BCUT2D eigenvalue weighted by Crippen LogP contribution is 2.16. The third-order valence-electron chi connectivity index (χ3n) is 1.63. The summed E-state index contributed by atoms with van der Waals surface area (Å²) in [7, 11) is 0. The van der Waals surface area contributed by atoms with Crippen molar-refractivity contribution in [3.8, 4) is 0 Å². The highest BCUT2D eigenvalue weighted by atomic mass is 35.5. The number of rotatable bonds is 4. The van der Waals surface area contributed by atoms with Gasteiger partial charge >= 0.3 is 0 Å². The smallest absolute Gasteiger partial charge is 0.198 e. The molecule has 0 radical (unpaired) electrons. The van der Waals surface area contributed by atoms with Crippen LogP contribution in [0.3, 0.4) is 0 Å². The molecular formula is C10H11ClO2. The summed E-state index contributed by atoms with van der Waals surface area (Å²) in [4.78, 5) is 11.4. The maximum atomic E-state index is 11.4. The van der Waals surface area contributed by atoms with E-state index in [2.05, 4.69) is 6.58 Å². The number of furan rings is 1. The molecule has 0 aliphatic heterocycles. The van der Waals surface area contributed by atoms with Crippen molar-refractivity contribution in [1.82, 2.24) is 0 Å². The highest BCUT2D eigenvalue weighted by Gasteiger charge is 2.09. The van der Waals surface area contributed by atoms with Crippen LogP contribution in [-0.2, 0) is 0 Å². The monoisotopic (exact) mass is 198 g/mol. The van der Waals surface area contributed by atoms with E-state index in [9.17, 15) is 4.79 Å². The summed E-state index contributed by atoms with van der Waals surface area (Å²) in [6, 6.07) is 3.15. The van der Waals surface area contributed by atoms with Crippen LogP contribution in [0.25, 0.3) is 0 Å². The van der Waals surface area contributed by atoms with E-state index >= 15 is 0 Å². The number of hydrogen-bond donors (Lipinski definition) is 0. The second kappa shape index (κ2) is 4.28. The summed E-state index contributed by atoms with van der Waals surface area (Å²) in [6.07, 6.45) is 1.12. The minimum atomic E-state index is -0.0325. The van der Waals surface area contributed by atoms with Crippen LogP contribution in [0.4, 0.5) is 0 Å². The number of hydrogen-bond acceptors (Lipinski definition) is 2. The van der Waals surface area contributed by atoms with Gasteiger partial charge in [0, 0.05) is 6.42 Å². The molecule has 0 fully saturated rings. The first-order valence-corrected chi connectivity index (χ1v) is 4.40. The fourth-order valence-electron chi connectivity index (χ4n) is 0.914. The molecule has 13 heavy (non-hydrogen) atoms. The van der Waals surface area contributed by atoms with Gasteiger partial charge in [-0.05, 0) is 37.1 Å². The molecule has 0 N–H and O–H groups in total. The van der Waals surface area contributed by atoms with Gasteiger partial charge in [0.1, 0.15) is 0 Å². The Morgan fingerprint density at radius 1 is 1.54 bits per heavy atom. The predicted octanol–water partition coefficient (Wildman–Crippen LogP) is 3.47. The summed E-state index contributed by atoms with van der Waals surface area (Å²) >= 11 is 5.53. The molecule has 0 spiro atoms. The maximum absolute atomic E-state index is 11.4. The van der Waals surface area contributed by atoms with Crippen LogP contribution in [0.2, 0.25) is 5.22 Å². The van der Waals surface area contributed by atoms with Crippen molar-refractivity contribution < 1.29 is 9.21 Å². The van der Waals surface area contributed by atoms with Gasteiger partial charge in [-0.2, -0.15) is 0 Å². The molecule has 0 aromatic carbocycles. The molecule has 0 aliphatic carbocycles. The Hall–Kier alpha value is -1.02. The summed E-state index contributed by atoms with van der Waals surface area (Å²) in [5.41, 5.74) is 0.992. The zero-order valence-corrected chi connectivity index (χ0v) is 8.23. The zero-order valence-electron chi connectivity index (χ0n) is 7.47. The lowest BCUT2D eigenvalue weighted by Gasteiger charge is -1.96. The molecule has 2 nitrogen and oxygen atoms in total. The van der Waals surface area contributed by atoms with Crippen LogP contribution in [0.15, 0.2) is 28.7 Å². The Morgan fingerprint density at radius 3 is 2.69 bits per heavy atom. The van der Waals surface area contributed by atoms with Gasteiger partial charge in [0.2, 0.25) is 0 Å². The number of carbonyl (C=O) groups excluding carboxylic acids is 1. The molecule has 70 valence electrons. The third kappa shape index (κ3) is 3.07. The zero-order chi connectivity index (χ0) is 9.84. The van der Waals surface area contributed by atoms with Crippen LogP contribution in [0.1, 0.15) is 30.3 Å². The minimum Gasteiger partial charge on any atom is -0.442 e. The average molecular weight is 199 g/mol. The maximum Gasteiger partial charge on any atom is 0.198 e. The van der Waals surface area contributed by atoms with E-state index in [1.807, 2.05) is 6.92 Å². The van der Waals surface area contributed by atoms with Crippen molar-refractivity contribution in [1.29, 1.82) is 0 Å². The Balaban J connectivity index is 2.54. The van der Waals surface area contributed by atoms with E-state index in [4.69, 9.17) is 16.0 Å². The van der Waals surface area contributed by atoms with Gasteiger partial charge in [-0.25, -0.2) is 0 Å². The first-order chi connectivity index (χ1) is 6.09. The van der Waals surface area contributed by atoms with E-state index in [1.165, 1.54) is 0 Å². The summed E-state index contributed by atoms with van der Waals surface area (Å²) < 4.78 is 4.96. The number of carbonyl (C=O) groups is 1. The van der Waals surface area contributed by atoms with Crippen LogP contribution >= 0.6 is 11.6 Å². The molecule has 0 aliphatic rings. The fourth-order valence-corrected chi connectivity index (χ4v) is 1.06. The van der Waals surface area contributed by atoms with Gasteiger partial charge in [-0.1, -0.05) is 5.57 Å². The SMILES string of the molecule is C=C(C)CCC(=O)c1ccc(Cl)o1. The lowest BCUT2D eigenvalue weighted by Crippen LogP contribution is -1.96. The van der Waals surface area contributed by atoms with Crippen molar-refractivity contribution in [3.63, 3.8) is 0 Å². The number of Topliss-reactive ketones (excluding diaryl/α,β-unsaturated/α-hetero) is 1. The topological polar surface area (TPSA) is 30.2 Å². The number of ketones is 1. The lowest BCUT2D eigenvalue weighted by molar-refractivity contribution is 0.0956. The molecule has 3 heteroatoms. The normalized spacial score (nSPS) is 10.0. The second-order valence-corrected chi connectivity index (χ2v) is 3.36. The summed E-state index contributed by atoms with van der Waals surface area (Å²) in [6.45, 7) is 5.61. The lowest BCUT2D eigenvalue weighted by atomic mass is 10.1. The Morgan fingerprint density at radius 2 is 2.23 bits per heavy atom. The molecule has 0 saturated heterocycles. The summed E-state index contributed by atoms with van der Waals surface area (Å²) in [5, 5.41) is 0.249. The van der Waals surface area contributed by atoms with Crippen LogP contribution in [0.5, 0.6) is 0 Å². The van der Waals surface area contributed by atoms with Gasteiger partial charge in [0.15, 0.2) is 16.8 Å². The number of halogens is 1. The van der Waals surface area contributed by atoms with Gasteiger partial charge in [-0.15, -0.1) is 6.58 Å². The molecule has 0 saturated carbocycles. The quantitative estimate of drug-likeness (QED) is 0.548. The van der Waals surface area contributed by atoms with Crippen LogP contribution in [0, 0.1) is 0 Å². The van der Waals surface area contributed by atoms with Gasteiger partial charge in [-0.3, -0.25) is 4.79 Å². The summed E-state index contributed by atoms with van der Waals surface area (Å²) in [5.74, 6) is 0.293. The molecule has 1 aromatic heterocycles. The third-order valence-corrected chi connectivity index (χ3v) is 1.83. The fraction of sp³-hybridized carbons (Fsp3) is 0.300. The second-order valence-electron chi connectivity index (χ2n) is 2.98. The molecule has 1 heterocycles. The molecule has 0 atom stereocenters. The molecule has 0 unspecified atom stereocenters. The Bertz CT molecular complexity index is 325. The van der Waals surface area contributed by atoms with E-state index in [1.54, 1.807) is 12.1 Å². The average Bonchev–Trinajstić information content (AvgIpc) is 2.47. The molecule has 1 aromatic rings. The van der Waals surface area contributed by atoms with Crippen LogP contribution < -0.4 is 0 Å². The van der Waals surface area contributed by atoms with E-state index in [0.29, 0.717) is 18.6 Å². The number of allylic oxidation sites excluding steroid dienone is 1. The first-order valence-electron chi connectivity index (χ1n) is 4.02. The molecular weight excluding hydrogens is 188 g/mol.